The van der Waals surface area contributed by atoms with Crippen LogP contribution in [0.3, 0.4) is 0 Å². The van der Waals surface area contributed by atoms with Crippen LogP contribution in [0.4, 0.5) is 5.69 Å². The number of carbonyl (C=O) groups is 1. The van der Waals surface area contributed by atoms with E-state index < -0.39 is 16.0 Å². The predicted octanol–water partition coefficient (Wildman–Crippen LogP) is 1.66. The molecule has 2 aromatic rings. The third-order valence-electron chi connectivity index (χ3n) is 3.90. The van der Waals surface area contributed by atoms with Crippen molar-refractivity contribution < 1.29 is 27.8 Å². The standard InChI is InChI=1S/C17H18N2O6S/c18-26(22,23)15-11-12(17(20)21)10-14(19-6-8-24-9-7-19)16(15)25-13-4-2-1-3-5-13/h1-5,10-11H,6-9H2,(H,20,21)(H2,18,22,23). The lowest BCUT2D eigenvalue weighted by Crippen LogP contribution is -2.36. The summed E-state index contributed by atoms with van der Waals surface area (Å²) in [5, 5.41) is 14.7. The fourth-order valence-corrected chi connectivity index (χ4v) is 3.37. The van der Waals surface area contributed by atoms with Crippen molar-refractivity contribution >= 4 is 21.7 Å². The number of benzene rings is 2. The molecule has 138 valence electrons. The van der Waals surface area contributed by atoms with Crippen LogP contribution >= 0.6 is 0 Å². The zero-order chi connectivity index (χ0) is 18.7. The number of hydrogen-bond acceptors (Lipinski definition) is 6. The third-order valence-corrected chi connectivity index (χ3v) is 4.82. The van der Waals surface area contributed by atoms with Crippen molar-refractivity contribution in [2.45, 2.75) is 4.90 Å². The van der Waals surface area contributed by atoms with Gasteiger partial charge in [0.15, 0.2) is 5.75 Å². The van der Waals surface area contributed by atoms with E-state index in [-0.39, 0.29) is 16.2 Å². The maximum Gasteiger partial charge on any atom is 0.335 e. The van der Waals surface area contributed by atoms with Gasteiger partial charge in [0.1, 0.15) is 10.6 Å². The van der Waals surface area contributed by atoms with Gasteiger partial charge in [0.25, 0.3) is 0 Å². The fraction of sp³-hybridized carbons (Fsp3) is 0.235. The summed E-state index contributed by atoms with van der Waals surface area (Å²) in [5.74, 6) is -0.837. The second-order valence-corrected chi connectivity index (χ2v) is 7.22. The van der Waals surface area contributed by atoms with Gasteiger partial charge in [-0.3, -0.25) is 0 Å². The molecular formula is C17H18N2O6S. The molecule has 0 unspecified atom stereocenters. The first-order valence-electron chi connectivity index (χ1n) is 7.86. The van der Waals surface area contributed by atoms with Gasteiger partial charge in [-0.25, -0.2) is 18.4 Å². The number of rotatable bonds is 5. The van der Waals surface area contributed by atoms with Crippen molar-refractivity contribution in [3.63, 3.8) is 0 Å². The molecule has 8 nitrogen and oxygen atoms in total. The molecule has 1 heterocycles. The van der Waals surface area contributed by atoms with Crippen LogP contribution < -0.4 is 14.8 Å². The second-order valence-electron chi connectivity index (χ2n) is 5.69. The Bertz CT molecular complexity index is 908. The predicted molar refractivity (Wildman–Crippen MR) is 94.3 cm³/mol. The lowest BCUT2D eigenvalue weighted by Gasteiger charge is -2.31. The molecule has 0 amide bonds. The Kier molecular flexibility index (Phi) is 5.12. The SMILES string of the molecule is NS(=O)(=O)c1cc(C(=O)O)cc(N2CCOCC2)c1Oc1ccccc1. The monoisotopic (exact) mass is 378 g/mol. The molecule has 0 saturated carbocycles. The van der Waals surface area contributed by atoms with Crippen LogP contribution in [0, 0.1) is 0 Å². The molecule has 0 bridgehead atoms. The summed E-state index contributed by atoms with van der Waals surface area (Å²) in [6.07, 6.45) is 0. The zero-order valence-corrected chi connectivity index (χ0v) is 14.6. The smallest absolute Gasteiger partial charge is 0.335 e. The van der Waals surface area contributed by atoms with E-state index in [1.165, 1.54) is 6.07 Å². The van der Waals surface area contributed by atoms with Crippen molar-refractivity contribution in [3.05, 3.63) is 48.0 Å². The molecule has 1 fully saturated rings. The Morgan fingerprint density at radius 2 is 1.81 bits per heavy atom. The zero-order valence-electron chi connectivity index (χ0n) is 13.8. The summed E-state index contributed by atoms with van der Waals surface area (Å²) in [6.45, 7) is 1.82. The van der Waals surface area contributed by atoms with Crippen LogP contribution in [-0.4, -0.2) is 45.8 Å². The number of nitrogens with zero attached hydrogens (tertiary/aromatic N) is 1. The molecule has 9 heteroatoms. The quantitative estimate of drug-likeness (QED) is 0.812. The van der Waals surface area contributed by atoms with Crippen LogP contribution in [-0.2, 0) is 14.8 Å². The number of primary sulfonamides is 1. The number of ether oxygens (including phenoxy) is 2. The highest BCUT2D eigenvalue weighted by molar-refractivity contribution is 7.89. The van der Waals surface area contributed by atoms with Gasteiger partial charge < -0.3 is 19.5 Å². The van der Waals surface area contributed by atoms with Crippen molar-refractivity contribution in [2.75, 3.05) is 31.2 Å². The molecule has 0 radical (unpaired) electrons. The summed E-state index contributed by atoms with van der Waals surface area (Å²) in [5.41, 5.74) is 0.164. The summed E-state index contributed by atoms with van der Waals surface area (Å²) in [4.78, 5) is 12.9. The number of morpholine rings is 1. The minimum Gasteiger partial charge on any atom is -0.478 e. The number of carboxylic acids is 1. The Balaban J connectivity index is 2.20. The van der Waals surface area contributed by atoms with E-state index in [9.17, 15) is 18.3 Å². The van der Waals surface area contributed by atoms with Crippen LogP contribution in [0.1, 0.15) is 10.4 Å². The van der Waals surface area contributed by atoms with Gasteiger partial charge in [0.2, 0.25) is 10.0 Å². The van der Waals surface area contributed by atoms with Gasteiger partial charge in [0.05, 0.1) is 24.5 Å². The Morgan fingerprint density at radius 3 is 2.38 bits per heavy atom. The van der Waals surface area contributed by atoms with E-state index in [0.29, 0.717) is 37.7 Å². The highest BCUT2D eigenvalue weighted by Gasteiger charge is 2.27. The summed E-state index contributed by atoms with van der Waals surface area (Å²) >= 11 is 0. The number of hydrogen-bond donors (Lipinski definition) is 2. The molecule has 1 aliphatic rings. The van der Waals surface area contributed by atoms with Crippen molar-refractivity contribution in [3.8, 4) is 11.5 Å². The maximum absolute atomic E-state index is 12.1. The lowest BCUT2D eigenvalue weighted by molar-refractivity contribution is 0.0696. The van der Waals surface area contributed by atoms with Gasteiger partial charge in [-0.15, -0.1) is 0 Å². The molecule has 3 rings (SSSR count). The summed E-state index contributed by atoms with van der Waals surface area (Å²) in [6, 6.07) is 11.0. The minimum absolute atomic E-state index is 0.00519. The Labute approximate surface area is 150 Å². The number of nitrogens with two attached hydrogens (primary N) is 1. The van der Waals surface area contributed by atoms with Crippen molar-refractivity contribution in [1.29, 1.82) is 0 Å². The van der Waals surface area contributed by atoms with Gasteiger partial charge in [-0.05, 0) is 24.3 Å². The summed E-state index contributed by atoms with van der Waals surface area (Å²) in [7, 11) is -4.22. The molecule has 0 aromatic heterocycles. The number of para-hydroxylation sites is 1. The molecular weight excluding hydrogens is 360 g/mol. The van der Waals surface area contributed by atoms with E-state index in [4.69, 9.17) is 14.6 Å². The molecule has 26 heavy (non-hydrogen) atoms. The molecule has 0 spiro atoms. The normalized spacial score (nSPS) is 14.9. The van der Waals surface area contributed by atoms with Crippen LogP contribution in [0.5, 0.6) is 11.5 Å². The van der Waals surface area contributed by atoms with Crippen LogP contribution in [0.2, 0.25) is 0 Å². The average Bonchev–Trinajstić information content (AvgIpc) is 2.62. The van der Waals surface area contributed by atoms with Crippen molar-refractivity contribution in [2.24, 2.45) is 5.14 Å². The highest BCUT2D eigenvalue weighted by Crippen LogP contribution is 2.39. The molecule has 3 N–H and O–H groups in total. The second kappa shape index (κ2) is 7.32. The van der Waals surface area contributed by atoms with Crippen molar-refractivity contribution in [1.82, 2.24) is 0 Å². The number of anilines is 1. The van der Waals surface area contributed by atoms with Gasteiger partial charge >= 0.3 is 5.97 Å². The van der Waals surface area contributed by atoms with Gasteiger partial charge in [0, 0.05) is 13.1 Å². The third kappa shape index (κ3) is 3.96. The minimum atomic E-state index is -4.22. The maximum atomic E-state index is 12.1. The fourth-order valence-electron chi connectivity index (χ4n) is 2.67. The number of carboxylic acid groups (broad SMARTS) is 1. The van der Waals surface area contributed by atoms with Crippen LogP contribution in [0.25, 0.3) is 0 Å². The number of sulfonamides is 1. The highest BCUT2D eigenvalue weighted by atomic mass is 32.2. The first-order valence-corrected chi connectivity index (χ1v) is 9.40. The summed E-state index contributed by atoms with van der Waals surface area (Å²) < 4.78 is 35.4. The van der Waals surface area contributed by atoms with E-state index in [1.54, 1.807) is 30.3 Å². The first kappa shape index (κ1) is 18.2. The topological polar surface area (TPSA) is 119 Å². The van der Waals surface area contributed by atoms with E-state index in [0.717, 1.165) is 6.07 Å². The molecule has 1 aliphatic heterocycles. The first-order chi connectivity index (χ1) is 12.4. The molecule has 0 aliphatic carbocycles. The number of aromatic carboxylic acids is 1. The van der Waals surface area contributed by atoms with Gasteiger partial charge in [-0.1, -0.05) is 18.2 Å². The lowest BCUT2D eigenvalue weighted by atomic mass is 10.1. The van der Waals surface area contributed by atoms with E-state index in [2.05, 4.69) is 0 Å². The largest absolute Gasteiger partial charge is 0.478 e. The van der Waals surface area contributed by atoms with E-state index in [1.807, 2.05) is 4.90 Å². The Hall–Kier alpha value is -2.62. The van der Waals surface area contributed by atoms with Gasteiger partial charge in [-0.2, -0.15) is 0 Å². The van der Waals surface area contributed by atoms with Crippen LogP contribution in [0.15, 0.2) is 47.4 Å². The Morgan fingerprint density at radius 1 is 1.15 bits per heavy atom. The molecule has 0 atom stereocenters. The molecule has 1 saturated heterocycles. The van der Waals surface area contributed by atoms with E-state index >= 15 is 0 Å². The molecule has 2 aromatic carbocycles. The average molecular weight is 378 g/mol.